The van der Waals surface area contributed by atoms with E-state index in [4.69, 9.17) is 4.74 Å². The molecular weight excluding hydrogens is 437 g/mol. The maximum absolute atomic E-state index is 12.7. The van der Waals surface area contributed by atoms with E-state index < -0.39 is 17.8 Å². The van der Waals surface area contributed by atoms with E-state index in [2.05, 4.69) is 15.6 Å². The average Bonchev–Trinajstić information content (AvgIpc) is 2.78. The van der Waals surface area contributed by atoms with Gasteiger partial charge in [0, 0.05) is 32.3 Å². The molecule has 0 saturated carbocycles. The first kappa shape index (κ1) is 24.3. The van der Waals surface area contributed by atoms with Crippen molar-refractivity contribution in [2.24, 2.45) is 0 Å². The molecule has 1 fully saturated rings. The van der Waals surface area contributed by atoms with Gasteiger partial charge in [-0.3, -0.25) is 9.59 Å². The highest BCUT2D eigenvalue weighted by Gasteiger charge is 2.31. The number of carbonyl (C=O) groups is 2. The zero-order chi connectivity index (χ0) is 24.0. The van der Waals surface area contributed by atoms with E-state index in [1.807, 2.05) is 17.0 Å². The van der Waals surface area contributed by atoms with Crippen molar-refractivity contribution in [2.75, 3.05) is 25.1 Å². The van der Waals surface area contributed by atoms with Crippen LogP contribution in [0.25, 0.3) is 0 Å². The van der Waals surface area contributed by atoms with Crippen LogP contribution in [-0.2, 0) is 15.8 Å². The summed E-state index contributed by atoms with van der Waals surface area (Å²) >= 11 is 0. The number of piperidine rings is 1. The van der Waals surface area contributed by atoms with E-state index in [9.17, 15) is 22.8 Å². The number of hydrogen-bond donors (Lipinski definition) is 2. The second kappa shape index (κ2) is 10.5. The summed E-state index contributed by atoms with van der Waals surface area (Å²) in [5.74, 6) is 0.744. The Bertz CT molecular complexity index is 941. The molecule has 1 atom stereocenters. The maximum Gasteiger partial charge on any atom is 0.417 e. The minimum atomic E-state index is -4.41. The first-order valence-electron chi connectivity index (χ1n) is 10.6. The molecule has 7 nitrogen and oxygen atoms in total. The van der Waals surface area contributed by atoms with E-state index in [-0.39, 0.29) is 24.3 Å². The topological polar surface area (TPSA) is 83.6 Å². The Morgan fingerprint density at radius 1 is 1.15 bits per heavy atom. The fourth-order valence-corrected chi connectivity index (χ4v) is 3.80. The van der Waals surface area contributed by atoms with Gasteiger partial charge in [0.15, 0.2) is 0 Å². The number of hydrogen-bond acceptors (Lipinski definition) is 5. The first-order valence-corrected chi connectivity index (χ1v) is 10.6. The molecule has 10 heteroatoms. The van der Waals surface area contributed by atoms with Crippen molar-refractivity contribution < 1.29 is 27.5 Å². The van der Waals surface area contributed by atoms with Crippen LogP contribution < -0.4 is 20.3 Å². The molecule has 0 bridgehead atoms. The largest absolute Gasteiger partial charge is 0.497 e. The van der Waals surface area contributed by atoms with Gasteiger partial charge in [0.25, 0.3) is 0 Å². The lowest BCUT2D eigenvalue weighted by Gasteiger charge is -2.33. The number of carbonyl (C=O) groups excluding carboxylic acids is 2. The van der Waals surface area contributed by atoms with Gasteiger partial charge >= 0.3 is 6.18 Å². The van der Waals surface area contributed by atoms with E-state index in [1.54, 1.807) is 19.2 Å². The molecule has 1 aromatic carbocycles. The van der Waals surface area contributed by atoms with Gasteiger partial charge in [0.1, 0.15) is 11.6 Å². The molecule has 1 aliphatic rings. The predicted octanol–water partition coefficient (Wildman–Crippen LogP) is 3.46. The summed E-state index contributed by atoms with van der Waals surface area (Å²) in [4.78, 5) is 30.1. The van der Waals surface area contributed by atoms with Crippen molar-refractivity contribution in [1.82, 2.24) is 15.6 Å². The van der Waals surface area contributed by atoms with Gasteiger partial charge in [0.05, 0.1) is 25.1 Å². The first-order chi connectivity index (χ1) is 15.7. The van der Waals surface area contributed by atoms with Gasteiger partial charge < -0.3 is 20.3 Å². The van der Waals surface area contributed by atoms with E-state index in [1.165, 1.54) is 13.0 Å². The lowest BCUT2D eigenvalue weighted by atomic mass is 10.0. The van der Waals surface area contributed by atoms with Gasteiger partial charge in [-0.05, 0) is 42.7 Å². The third-order valence-electron chi connectivity index (χ3n) is 5.54. The minimum absolute atomic E-state index is 0.0583. The summed E-state index contributed by atoms with van der Waals surface area (Å²) in [5.41, 5.74) is 0.0170. The number of halogens is 3. The summed E-state index contributed by atoms with van der Waals surface area (Å²) < 4.78 is 43.3. The van der Waals surface area contributed by atoms with Crippen molar-refractivity contribution in [3.63, 3.8) is 0 Å². The molecule has 1 saturated heterocycles. The summed E-state index contributed by atoms with van der Waals surface area (Å²) in [6, 6.07) is 9.03. The van der Waals surface area contributed by atoms with Crippen molar-refractivity contribution in [3.8, 4) is 5.75 Å². The third kappa shape index (κ3) is 6.84. The van der Waals surface area contributed by atoms with Crippen molar-refractivity contribution in [2.45, 2.75) is 44.4 Å². The molecule has 1 aromatic heterocycles. The lowest BCUT2D eigenvalue weighted by Crippen LogP contribution is -2.45. The Balaban J connectivity index is 1.53. The molecule has 2 N–H and O–H groups in total. The van der Waals surface area contributed by atoms with Gasteiger partial charge in [-0.15, -0.1) is 0 Å². The minimum Gasteiger partial charge on any atom is -0.497 e. The van der Waals surface area contributed by atoms with Crippen LogP contribution in [0, 0.1) is 0 Å². The van der Waals surface area contributed by atoms with Crippen LogP contribution in [0.2, 0.25) is 0 Å². The Kier molecular flexibility index (Phi) is 7.78. The fourth-order valence-electron chi connectivity index (χ4n) is 3.80. The van der Waals surface area contributed by atoms with Gasteiger partial charge in [-0.1, -0.05) is 12.1 Å². The van der Waals surface area contributed by atoms with Crippen LogP contribution in [0.1, 0.15) is 43.4 Å². The standard InChI is InChI=1S/C23H27F3N4O3/c1-15(31)28-20(16-3-6-19(33-2)7-4-16)13-22(32)29-18-9-11-30(12-10-18)21-8-5-17(14-27-21)23(24,25)26/h3-8,14,18,20H,9-13H2,1-2H3,(H,28,31)(H,29,32). The van der Waals surface area contributed by atoms with Crippen molar-refractivity contribution in [1.29, 1.82) is 0 Å². The molecule has 178 valence electrons. The number of benzene rings is 1. The molecular formula is C23H27F3N4O3. The summed E-state index contributed by atoms with van der Waals surface area (Å²) in [6.45, 7) is 2.53. The third-order valence-corrected chi connectivity index (χ3v) is 5.54. The van der Waals surface area contributed by atoms with Gasteiger partial charge in [0.2, 0.25) is 11.8 Å². The number of aromatic nitrogens is 1. The molecule has 0 aliphatic carbocycles. The monoisotopic (exact) mass is 464 g/mol. The normalized spacial score (nSPS) is 15.6. The maximum atomic E-state index is 12.7. The SMILES string of the molecule is COc1ccc(C(CC(=O)NC2CCN(c3ccc(C(F)(F)F)cn3)CC2)NC(C)=O)cc1. The van der Waals surface area contributed by atoms with Crippen LogP contribution in [0.3, 0.4) is 0 Å². The number of rotatable bonds is 7. The number of nitrogens with zero attached hydrogens (tertiary/aromatic N) is 2. The Labute approximate surface area is 190 Å². The van der Waals surface area contributed by atoms with Crippen LogP contribution in [0.15, 0.2) is 42.6 Å². The fraction of sp³-hybridized carbons (Fsp3) is 0.435. The van der Waals surface area contributed by atoms with Crippen LogP contribution in [-0.4, -0.2) is 43.0 Å². The lowest BCUT2D eigenvalue weighted by molar-refractivity contribution is -0.137. The Hall–Kier alpha value is -3.30. The van der Waals surface area contributed by atoms with Crippen LogP contribution in [0.4, 0.5) is 19.0 Å². The van der Waals surface area contributed by atoms with E-state index in [0.717, 1.165) is 17.8 Å². The van der Waals surface area contributed by atoms with E-state index in [0.29, 0.717) is 37.5 Å². The number of methoxy groups -OCH3 is 1. The number of amides is 2. The number of anilines is 1. The summed E-state index contributed by atoms with van der Waals surface area (Å²) in [7, 11) is 1.56. The zero-order valence-corrected chi connectivity index (χ0v) is 18.5. The Morgan fingerprint density at radius 2 is 1.82 bits per heavy atom. The number of nitrogens with one attached hydrogen (secondary N) is 2. The molecule has 1 unspecified atom stereocenters. The second-order valence-electron chi connectivity index (χ2n) is 7.96. The Morgan fingerprint density at radius 3 is 2.33 bits per heavy atom. The average molecular weight is 464 g/mol. The molecule has 33 heavy (non-hydrogen) atoms. The number of ether oxygens (including phenoxy) is 1. The molecule has 1 aliphatic heterocycles. The molecule has 2 aromatic rings. The number of alkyl halides is 3. The summed E-state index contributed by atoms with van der Waals surface area (Å²) in [5, 5.41) is 5.81. The van der Waals surface area contributed by atoms with Crippen molar-refractivity contribution in [3.05, 3.63) is 53.7 Å². The van der Waals surface area contributed by atoms with Crippen LogP contribution >= 0.6 is 0 Å². The highest BCUT2D eigenvalue weighted by atomic mass is 19.4. The van der Waals surface area contributed by atoms with Crippen molar-refractivity contribution >= 4 is 17.6 Å². The number of pyridine rings is 1. The highest BCUT2D eigenvalue weighted by molar-refractivity contribution is 5.79. The van der Waals surface area contributed by atoms with Gasteiger partial charge in [-0.25, -0.2) is 4.98 Å². The molecule has 0 spiro atoms. The highest BCUT2D eigenvalue weighted by Crippen LogP contribution is 2.30. The van der Waals surface area contributed by atoms with E-state index >= 15 is 0 Å². The zero-order valence-electron chi connectivity index (χ0n) is 18.5. The van der Waals surface area contributed by atoms with Gasteiger partial charge in [-0.2, -0.15) is 13.2 Å². The molecule has 2 amide bonds. The molecule has 2 heterocycles. The predicted molar refractivity (Wildman–Crippen MR) is 117 cm³/mol. The summed E-state index contributed by atoms with van der Waals surface area (Å²) in [6.07, 6.45) is -2.20. The molecule has 0 radical (unpaired) electrons. The smallest absolute Gasteiger partial charge is 0.417 e. The molecule has 3 rings (SSSR count). The quantitative estimate of drug-likeness (QED) is 0.656. The second-order valence-corrected chi connectivity index (χ2v) is 7.96. The van der Waals surface area contributed by atoms with Crippen LogP contribution in [0.5, 0.6) is 5.75 Å².